The lowest BCUT2D eigenvalue weighted by molar-refractivity contribution is 0.442. The molecule has 84 valence electrons. The lowest BCUT2D eigenvalue weighted by Gasteiger charge is -2.03. The summed E-state index contributed by atoms with van der Waals surface area (Å²) in [6.45, 7) is 4.02. The number of ether oxygens (including phenoxy) is 1. The molecule has 4 nitrogen and oxygen atoms in total. The first-order valence-corrected chi connectivity index (χ1v) is 5.00. The minimum Gasteiger partial charge on any atom is -0.436 e. The van der Waals surface area contributed by atoms with Crippen LogP contribution < -0.4 is 4.74 Å². The molecule has 0 unspecified atom stereocenters. The van der Waals surface area contributed by atoms with Crippen LogP contribution in [0.3, 0.4) is 0 Å². The molecule has 0 spiro atoms. The SMILES string of the molecule is CC(C)n1cc(Oc2cccc(F)n2)cn1. The highest BCUT2D eigenvalue weighted by molar-refractivity contribution is 5.21. The number of nitrogens with zero attached hydrogens (tertiary/aromatic N) is 3. The summed E-state index contributed by atoms with van der Waals surface area (Å²) in [5, 5.41) is 4.10. The first-order chi connectivity index (χ1) is 7.65. The number of hydrogen-bond donors (Lipinski definition) is 0. The Morgan fingerprint density at radius 2 is 2.19 bits per heavy atom. The summed E-state index contributed by atoms with van der Waals surface area (Å²) in [6, 6.07) is 4.67. The van der Waals surface area contributed by atoms with Gasteiger partial charge in [0, 0.05) is 12.1 Å². The standard InChI is InChI=1S/C11H12FN3O/c1-8(2)15-7-9(6-13-15)16-11-5-3-4-10(12)14-11/h3-8H,1-2H3. The molecule has 0 saturated carbocycles. The summed E-state index contributed by atoms with van der Waals surface area (Å²) in [5.74, 6) is 0.212. The van der Waals surface area contributed by atoms with Crippen molar-refractivity contribution >= 4 is 0 Å². The van der Waals surface area contributed by atoms with Crippen LogP contribution >= 0.6 is 0 Å². The molecular weight excluding hydrogens is 209 g/mol. The number of rotatable bonds is 3. The molecule has 0 aliphatic carbocycles. The Hall–Kier alpha value is -1.91. The van der Waals surface area contributed by atoms with E-state index in [1.54, 1.807) is 29.2 Å². The van der Waals surface area contributed by atoms with E-state index in [2.05, 4.69) is 10.1 Å². The summed E-state index contributed by atoms with van der Waals surface area (Å²) in [6.07, 6.45) is 3.32. The zero-order valence-electron chi connectivity index (χ0n) is 9.09. The van der Waals surface area contributed by atoms with E-state index in [1.165, 1.54) is 6.07 Å². The van der Waals surface area contributed by atoms with Gasteiger partial charge in [0.1, 0.15) is 0 Å². The van der Waals surface area contributed by atoms with Crippen LogP contribution in [-0.4, -0.2) is 14.8 Å². The molecule has 5 heteroatoms. The minimum atomic E-state index is -0.561. The van der Waals surface area contributed by atoms with Gasteiger partial charge in [-0.15, -0.1) is 0 Å². The Morgan fingerprint density at radius 1 is 1.38 bits per heavy atom. The second-order valence-corrected chi connectivity index (χ2v) is 3.65. The predicted molar refractivity (Wildman–Crippen MR) is 56.9 cm³/mol. The van der Waals surface area contributed by atoms with Crippen molar-refractivity contribution in [3.8, 4) is 11.6 Å². The van der Waals surface area contributed by atoms with Gasteiger partial charge < -0.3 is 4.74 Å². The van der Waals surface area contributed by atoms with Gasteiger partial charge in [-0.05, 0) is 19.9 Å². The zero-order chi connectivity index (χ0) is 11.5. The molecule has 2 rings (SSSR count). The molecule has 0 aliphatic rings. The lowest BCUT2D eigenvalue weighted by atomic mass is 10.4. The van der Waals surface area contributed by atoms with E-state index in [0.717, 1.165) is 0 Å². The normalized spacial score (nSPS) is 10.8. The monoisotopic (exact) mass is 221 g/mol. The van der Waals surface area contributed by atoms with Crippen LogP contribution in [0.2, 0.25) is 0 Å². The molecule has 2 aromatic heterocycles. The van der Waals surface area contributed by atoms with Crippen molar-refractivity contribution in [2.45, 2.75) is 19.9 Å². The topological polar surface area (TPSA) is 39.9 Å². The first-order valence-electron chi connectivity index (χ1n) is 5.00. The predicted octanol–water partition coefficient (Wildman–Crippen LogP) is 2.79. The Kier molecular flexibility index (Phi) is 2.85. The molecular formula is C11H12FN3O. The molecule has 0 radical (unpaired) electrons. The highest BCUT2D eigenvalue weighted by atomic mass is 19.1. The average molecular weight is 221 g/mol. The molecule has 0 amide bonds. The fourth-order valence-corrected chi connectivity index (χ4v) is 1.22. The van der Waals surface area contributed by atoms with Crippen molar-refractivity contribution in [2.75, 3.05) is 0 Å². The fourth-order valence-electron chi connectivity index (χ4n) is 1.22. The molecule has 0 saturated heterocycles. The van der Waals surface area contributed by atoms with Crippen LogP contribution in [0.5, 0.6) is 11.6 Å². The van der Waals surface area contributed by atoms with Crippen LogP contribution in [0.25, 0.3) is 0 Å². The fraction of sp³-hybridized carbons (Fsp3) is 0.273. The number of halogens is 1. The van der Waals surface area contributed by atoms with Crippen LogP contribution in [0.1, 0.15) is 19.9 Å². The highest BCUT2D eigenvalue weighted by Gasteiger charge is 2.04. The first kappa shape index (κ1) is 10.6. The van der Waals surface area contributed by atoms with Crippen molar-refractivity contribution in [1.82, 2.24) is 14.8 Å². The van der Waals surface area contributed by atoms with Gasteiger partial charge in [-0.2, -0.15) is 14.5 Å². The smallest absolute Gasteiger partial charge is 0.222 e. The number of aromatic nitrogens is 3. The molecule has 16 heavy (non-hydrogen) atoms. The molecule has 0 aromatic carbocycles. The molecule has 2 heterocycles. The van der Waals surface area contributed by atoms with E-state index in [1.807, 2.05) is 13.8 Å². The maximum absolute atomic E-state index is 12.8. The van der Waals surface area contributed by atoms with Gasteiger partial charge >= 0.3 is 0 Å². The Labute approximate surface area is 92.7 Å². The van der Waals surface area contributed by atoms with E-state index in [9.17, 15) is 4.39 Å². The van der Waals surface area contributed by atoms with Gasteiger partial charge in [0.25, 0.3) is 0 Å². The van der Waals surface area contributed by atoms with Crippen molar-refractivity contribution in [1.29, 1.82) is 0 Å². The lowest BCUT2D eigenvalue weighted by Crippen LogP contribution is -1.99. The van der Waals surface area contributed by atoms with E-state index >= 15 is 0 Å². The Morgan fingerprint density at radius 3 is 2.81 bits per heavy atom. The summed E-state index contributed by atoms with van der Waals surface area (Å²) in [4.78, 5) is 3.60. The maximum atomic E-state index is 12.8. The second kappa shape index (κ2) is 4.30. The molecule has 0 fully saturated rings. The Balaban J connectivity index is 2.14. The minimum absolute atomic E-state index is 0.225. The summed E-state index contributed by atoms with van der Waals surface area (Å²) < 4.78 is 19.9. The molecule has 0 bridgehead atoms. The average Bonchev–Trinajstić information content (AvgIpc) is 2.66. The van der Waals surface area contributed by atoms with Crippen LogP contribution in [0.15, 0.2) is 30.6 Å². The second-order valence-electron chi connectivity index (χ2n) is 3.65. The van der Waals surface area contributed by atoms with Gasteiger partial charge in [-0.3, -0.25) is 4.68 Å². The molecule has 2 aromatic rings. The molecule has 0 atom stereocenters. The largest absolute Gasteiger partial charge is 0.436 e. The van der Waals surface area contributed by atoms with Crippen LogP contribution in [0, 0.1) is 5.95 Å². The maximum Gasteiger partial charge on any atom is 0.222 e. The zero-order valence-corrected chi connectivity index (χ0v) is 9.09. The van der Waals surface area contributed by atoms with Crippen molar-refractivity contribution in [3.05, 3.63) is 36.5 Å². The summed E-state index contributed by atoms with van der Waals surface area (Å²) >= 11 is 0. The van der Waals surface area contributed by atoms with Crippen molar-refractivity contribution in [2.24, 2.45) is 0 Å². The van der Waals surface area contributed by atoms with Crippen molar-refractivity contribution in [3.63, 3.8) is 0 Å². The van der Waals surface area contributed by atoms with Gasteiger partial charge in [0.05, 0.1) is 12.4 Å². The van der Waals surface area contributed by atoms with Crippen molar-refractivity contribution < 1.29 is 9.13 Å². The number of pyridine rings is 1. The summed E-state index contributed by atoms with van der Waals surface area (Å²) in [7, 11) is 0. The van der Waals surface area contributed by atoms with Gasteiger partial charge in [-0.1, -0.05) is 6.07 Å². The number of hydrogen-bond acceptors (Lipinski definition) is 3. The third-order valence-corrected chi connectivity index (χ3v) is 2.02. The van der Waals surface area contributed by atoms with Crippen LogP contribution in [0.4, 0.5) is 4.39 Å². The summed E-state index contributed by atoms with van der Waals surface area (Å²) in [5.41, 5.74) is 0. The molecule has 0 aliphatic heterocycles. The Bertz CT molecular complexity index is 482. The van der Waals surface area contributed by atoms with Crippen LogP contribution in [-0.2, 0) is 0 Å². The highest BCUT2D eigenvalue weighted by Crippen LogP contribution is 2.19. The van der Waals surface area contributed by atoms with E-state index < -0.39 is 5.95 Å². The van der Waals surface area contributed by atoms with Gasteiger partial charge in [0.2, 0.25) is 11.8 Å². The van der Waals surface area contributed by atoms with E-state index in [-0.39, 0.29) is 11.9 Å². The third kappa shape index (κ3) is 2.36. The van der Waals surface area contributed by atoms with Gasteiger partial charge in [0.15, 0.2) is 5.75 Å². The van der Waals surface area contributed by atoms with Gasteiger partial charge in [-0.25, -0.2) is 0 Å². The molecule has 0 N–H and O–H groups in total. The quantitative estimate of drug-likeness (QED) is 0.748. The third-order valence-electron chi connectivity index (χ3n) is 2.02. The van der Waals surface area contributed by atoms with E-state index in [4.69, 9.17) is 4.74 Å². The van der Waals surface area contributed by atoms with E-state index in [0.29, 0.717) is 5.75 Å².